The Hall–Kier alpha value is -2.11. The second kappa shape index (κ2) is 35.7. The number of hydrogen-bond acceptors (Lipinski definition) is 6. The minimum Gasteiger partial charge on any atom is -0.462 e. The summed E-state index contributed by atoms with van der Waals surface area (Å²) in [5, 5.41) is 0. The van der Waals surface area contributed by atoms with E-state index in [-0.39, 0.29) is 31.1 Å². The summed E-state index contributed by atoms with van der Waals surface area (Å²) in [6.45, 7) is 6.43. The molecule has 0 fully saturated rings. The molecule has 0 saturated carbocycles. The zero-order chi connectivity index (χ0) is 33.8. The van der Waals surface area contributed by atoms with Crippen molar-refractivity contribution in [3.8, 4) is 0 Å². The summed E-state index contributed by atoms with van der Waals surface area (Å²) in [5.74, 6) is -0.910. The van der Waals surface area contributed by atoms with E-state index in [1.807, 2.05) is 0 Å². The number of carbonyl (C=O) groups is 3. The van der Waals surface area contributed by atoms with E-state index in [1.165, 1.54) is 77.0 Å². The van der Waals surface area contributed by atoms with Crippen molar-refractivity contribution in [1.82, 2.24) is 0 Å². The SMILES string of the molecule is CCCCC/C=C\C/C=C\CCCCCCCCCC(=O)OCC(COC(=O)CCCCCCC)OC(=O)CCCCCCCC. The lowest BCUT2D eigenvalue weighted by molar-refractivity contribution is -0.167. The molecule has 0 aliphatic rings. The molecule has 1 unspecified atom stereocenters. The van der Waals surface area contributed by atoms with Crippen LogP contribution in [0.4, 0.5) is 0 Å². The summed E-state index contributed by atoms with van der Waals surface area (Å²) < 4.78 is 16.4. The molecule has 0 aliphatic carbocycles. The van der Waals surface area contributed by atoms with Crippen LogP contribution in [0.15, 0.2) is 24.3 Å². The number of unbranched alkanes of at least 4 members (excludes halogenated alkanes) is 19. The Kier molecular flexibility index (Phi) is 34.1. The molecular weight excluding hydrogens is 576 g/mol. The van der Waals surface area contributed by atoms with Gasteiger partial charge in [0.2, 0.25) is 0 Å². The van der Waals surface area contributed by atoms with E-state index in [4.69, 9.17) is 14.2 Å². The average Bonchev–Trinajstić information content (AvgIpc) is 3.05. The van der Waals surface area contributed by atoms with Crippen LogP contribution in [-0.4, -0.2) is 37.2 Å². The first-order valence-electron chi connectivity index (χ1n) is 19.3. The number of allylic oxidation sites excluding steroid dienone is 4. The smallest absolute Gasteiger partial charge is 0.306 e. The summed E-state index contributed by atoms with van der Waals surface area (Å²) in [7, 11) is 0. The van der Waals surface area contributed by atoms with Crippen molar-refractivity contribution < 1.29 is 28.6 Å². The second-order valence-electron chi connectivity index (χ2n) is 12.8. The first-order valence-corrected chi connectivity index (χ1v) is 19.3. The van der Waals surface area contributed by atoms with Gasteiger partial charge in [-0.25, -0.2) is 0 Å². The molecular formula is C40H72O6. The molecule has 0 bridgehead atoms. The maximum Gasteiger partial charge on any atom is 0.306 e. The molecule has 0 amide bonds. The fraction of sp³-hybridized carbons (Fsp3) is 0.825. The summed E-state index contributed by atoms with van der Waals surface area (Å²) in [6, 6.07) is 0. The van der Waals surface area contributed by atoms with E-state index in [2.05, 4.69) is 45.1 Å². The Labute approximate surface area is 283 Å². The highest BCUT2D eigenvalue weighted by molar-refractivity contribution is 5.71. The van der Waals surface area contributed by atoms with Crippen molar-refractivity contribution in [3.63, 3.8) is 0 Å². The van der Waals surface area contributed by atoms with Crippen LogP contribution in [0.25, 0.3) is 0 Å². The molecule has 0 aliphatic heterocycles. The molecule has 0 radical (unpaired) electrons. The van der Waals surface area contributed by atoms with Crippen molar-refractivity contribution >= 4 is 17.9 Å². The average molecular weight is 649 g/mol. The van der Waals surface area contributed by atoms with Crippen molar-refractivity contribution in [3.05, 3.63) is 24.3 Å². The van der Waals surface area contributed by atoms with Crippen LogP contribution >= 0.6 is 0 Å². The predicted octanol–water partition coefficient (Wildman–Crippen LogP) is 11.7. The molecule has 46 heavy (non-hydrogen) atoms. The molecule has 0 aromatic rings. The van der Waals surface area contributed by atoms with Crippen molar-refractivity contribution in [1.29, 1.82) is 0 Å². The summed E-state index contributed by atoms with van der Waals surface area (Å²) in [5.41, 5.74) is 0. The van der Waals surface area contributed by atoms with Gasteiger partial charge in [0.1, 0.15) is 13.2 Å². The Morgan fingerprint density at radius 2 is 0.783 bits per heavy atom. The molecule has 268 valence electrons. The van der Waals surface area contributed by atoms with Crippen molar-refractivity contribution in [2.75, 3.05) is 13.2 Å². The van der Waals surface area contributed by atoms with Gasteiger partial charge < -0.3 is 14.2 Å². The van der Waals surface area contributed by atoms with E-state index >= 15 is 0 Å². The van der Waals surface area contributed by atoms with Gasteiger partial charge in [-0.1, -0.05) is 148 Å². The summed E-state index contributed by atoms with van der Waals surface area (Å²) >= 11 is 0. The zero-order valence-corrected chi connectivity index (χ0v) is 30.3. The molecule has 1 atom stereocenters. The largest absolute Gasteiger partial charge is 0.462 e. The maximum atomic E-state index is 12.4. The van der Waals surface area contributed by atoms with Crippen LogP contribution in [0.5, 0.6) is 0 Å². The van der Waals surface area contributed by atoms with Gasteiger partial charge in [0.15, 0.2) is 6.10 Å². The minimum absolute atomic E-state index is 0.0741. The highest BCUT2D eigenvalue weighted by Gasteiger charge is 2.19. The van der Waals surface area contributed by atoms with Gasteiger partial charge in [0, 0.05) is 19.3 Å². The summed E-state index contributed by atoms with van der Waals surface area (Å²) in [6.07, 6.45) is 36.4. The third kappa shape index (κ3) is 33.3. The molecule has 0 aromatic carbocycles. The number of hydrogen-bond donors (Lipinski definition) is 0. The third-order valence-corrected chi connectivity index (χ3v) is 8.21. The molecule has 6 nitrogen and oxygen atoms in total. The van der Waals surface area contributed by atoms with Gasteiger partial charge in [-0.05, 0) is 51.4 Å². The Morgan fingerprint density at radius 1 is 0.435 bits per heavy atom. The van der Waals surface area contributed by atoms with Crippen molar-refractivity contribution in [2.45, 2.75) is 200 Å². The standard InChI is InChI=1S/C40H72O6/c1-4-7-10-13-15-16-17-18-19-20-21-22-23-24-25-28-30-33-39(42)45-36-37(35-44-38(41)32-29-26-12-9-6-3)46-40(43)34-31-27-14-11-8-5-2/h15-16,18-19,37H,4-14,17,20-36H2,1-3H3/b16-15-,19-18-. The molecule has 0 rings (SSSR count). The van der Waals surface area contributed by atoms with E-state index in [1.54, 1.807) is 0 Å². The molecule has 0 saturated heterocycles. The first-order chi connectivity index (χ1) is 22.5. The molecule has 0 spiro atoms. The highest BCUT2D eigenvalue weighted by Crippen LogP contribution is 2.13. The van der Waals surface area contributed by atoms with Gasteiger partial charge in [0.05, 0.1) is 0 Å². The van der Waals surface area contributed by atoms with E-state index < -0.39 is 6.10 Å². The van der Waals surface area contributed by atoms with Crippen LogP contribution in [-0.2, 0) is 28.6 Å². The molecule has 0 heterocycles. The van der Waals surface area contributed by atoms with Crippen LogP contribution in [0.3, 0.4) is 0 Å². The number of carbonyl (C=O) groups excluding carboxylic acids is 3. The lowest BCUT2D eigenvalue weighted by Crippen LogP contribution is -2.30. The Bertz CT molecular complexity index is 759. The molecule has 6 heteroatoms. The predicted molar refractivity (Wildman–Crippen MR) is 192 cm³/mol. The quantitative estimate of drug-likeness (QED) is 0.0299. The van der Waals surface area contributed by atoms with Gasteiger partial charge >= 0.3 is 17.9 Å². The highest BCUT2D eigenvalue weighted by atomic mass is 16.6. The fourth-order valence-corrected chi connectivity index (χ4v) is 5.23. The normalized spacial score (nSPS) is 12.2. The van der Waals surface area contributed by atoms with Crippen LogP contribution in [0.2, 0.25) is 0 Å². The van der Waals surface area contributed by atoms with Crippen molar-refractivity contribution in [2.24, 2.45) is 0 Å². The topological polar surface area (TPSA) is 78.9 Å². The van der Waals surface area contributed by atoms with E-state index in [0.29, 0.717) is 19.3 Å². The minimum atomic E-state index is -0.762. The Morgan fingerprint density at radius 3 is 1.24 bits per heavy atom. The number of ether oxygens (including phenoxy) is 3. The Balaban J connectivity index is 4.15. The number of rotatable bonds is 34. The first kappa shape index (κ1) is 43.9. The fourth-order valence-electron chi connectivity index (χ4n) is 5.23. The molecule has 0 N–H and O–H groups in total. The maximum absolute atomic E-state index is 12.4. The lowest BCUT2D eigenvalue weighted by Gasteiger charge is -2.18. The van der Waals surface area contributed by atoms with Gasteiger partial charge in [-0.2, -0.15) is 0 Å². The zero-order valence-electron chi connectivity index (χ0n) is 30.3. The van der Waals surface area contributed by atoms with E-state index in [0.717, 1.165) is 77.0 Å². The van der Waals surface area contributed by atoms with Gasteiger partial charge in [-0.15, -0.1) is 0 Å². The van der Waals surface area contributed by atoms with E-state index in [9.17, 15) is 14.4 Å². The van der Waals surface area contributed by atoms with Gasteiger partial charge in [-0.3, -0.25) is 14.4 Å². The lowest BCUT2D eigenvalue weighted by atomic mass is 10.1. The second-order valence-corrected chi connectivity index (χ2v) is 12.8. The van der Waals surface area contributed by atoms with Crippen LogP contribution in [0, 0.1) is 0 Å². The number of esters is 3. The molecule has 0 aromatic heterocycles. The van der Waals surface area contributed by atoms with Crippen LogP contribution < -0.4 is 0 Å². The third-order valence-electron chi connectivity index (χ3n) is 8.21. The van der Waals surface area contributed by atoms with Gasteiger partial charge in [0.25, 0.3) is 0 Å². The van der Waals surface area contributed by atoms with Crippen LogP contribution in [0.1, 0.15) is 194 Å². The monoisotopic (exact) mass is 649 g/mol. The summed E-state index contributed by atoms with van der Waals surface area (Å²) in [4.78, 5) is 37.0.